The van der Waals surface area contributed by atoms with E-state index < -0.39 is 0 Å². The third-order valence-corrected chi connectivity index (χ3v) is 3.61. The molecule has 0 unspecified atom stereocenters. The first-order chi connectivity index (χ1) is 9.61. The second kappa shape index (κ2) is 6.89. The average molecular weight is 406 g/mol. The molecule has 1 heterocycles. The molecule has 0 amide bonds. The molecule has 0 atom stereocenters. The highest BCUT2D eigenvalue weighted by Crippen LogP contribution is 2.34. The molecule has 3 N–H and O–H groups in total. The minimum atomic E-state index is 0.214. The van der Waals surface area contributed by atoms with Gasteiger partial charge in [-0.05, 0) is 66.4 Å². The molecule has 20 heavy (non-hydrogen) atoms. The monoisotopic (exact) mass is 404 g/mol. The first-order valence-corrected chi connectivity index (χ1v) is 7.59. The van der Waals surface area contributed by atoms with Gasteiger partial charge < -0.3 is 15.9 Å². The Morgan fingerprint density at radius 1 is 1.35 bits per heavy atom. The van der Waals surface area contributed by atoms with Crippen molar-refractivity contribution in [1.82, 2.24) is 20.3 Å². The van der Waals surface area contributed by atoms with Crippen LogP contribution in [0.3, 0.4) is 0 Å². The molecule has 0 radical (unpaired) electrons. The van der Waals surface area contributed by atoms with E-state index >= 15 is 0 Å². The highest BCUT2D eigenvalue weighted by Gasteiger charge is 2.09. The van der Waals surface area contributed by atoms with Crippen molar-refractivity contribution >= 4 is 37.8 Å². The minimum Gasteiger partial charge on any atom is -0.491 e. The predicted molar refractivity (Wildman–Crippen MR) is 82.9 cm³/mol. The van der Waals surface area contributed by atoms with E-state index in [2.05, 4.69) is 59.7 Å². The maximum atomic E-state index is 5.67. The number of nitrogen functional groups attached to an aromatic ring is 1. The number of nitrogens with two attached hydrogens (primary N) is 1. The van der Waals surface area contributed by atoms with Crippen LogP contribution in [-0.4, -0.2) is 26.9 Å². The van der Waals surface area contributed by atoms with Gasteiger partial charge in [0.05, 0.1) is 22.1 Å². The Kier molecular flexibility index (Phi) is 5.18. The molecule has 0 fully saturated rings. The van der Waals surface area contributed by atoms with E-state index in [-0.39, 0.29) is 5.95 Å². The number of anilines is 1. The summed E-state index contributed by atoms with van der Waals surface area (Å²) in [5.74, 6) is 1.02. The van der Waals surface area contributed by atoms with E-state index in [0.717, 1.165) is 26.7 Å². The third-order valence-electron chi connectivity index (χ3n) is 2.44. The minimum absolute atomic E-state index is 0.214. The van der Waals surface area contributed by atoms with Crippen molar-refractivity contribution in [2.45, 2.75) is 19.9 Å². The largest absolute Gasteiger partial charge is 0.491 e. The summed E-state index contributed by atoms with van der Waals surface area (Å²) in [5.41, 5.74) is 9.60. The van der Waals surface area contributed by atoms with E-state index in [1.165, 1.54) is 4.79 Å². The highest BCUT2D eigenvalue weighted by molar-refractivity contribution is 9.11. The van der Waals surface area contributed by atoms with Crippen molar-refractivity contribution in [3.05, 3.63) is 26.6 Å². The van der Waals surface area contributed by atoms with Crippen LogP contribution in [0, 0.1) is 0 Å². The van der Waals surface area contributed by atoms with Crippen molar-refractivity contribution in [2.24, 2.45) is 0 Å². The molecule has 108 valence electrons. The normalized spacial score (nSPS) is 10.6. The fraction of sp³-hybridized carbons (Fsp3) is 0.364. The number of nitrogens with one attached hydrogen (secondary N) is 1. The second-order valence-corrected chi connectivity index (χ2v) is 5.73. The summed E-state index contributed by atoms with van der Waals surface area (Å²) in [4.78, 5) is 1.32. The molecular weight excluding hydrogens is 392 g/mol. The summed E-state index contributed by atoms with van der Waals surface area (Å²) in [6.45, 7) is 3.27. The maximum Gasteiger partial charge on any atom is 0.260 e. The van der Waals surface area contributed by atoms with Gasteiger partial charge in [0.2, 0.25) is 0 Å². The summed E-state index contributed by atoms with van der Waals surface area (Å²) in [5, 5.41) is 10.7. The summed E-state index contributed by atoms with van der Waals surface area (Å²) in [7, 11) is 0. The predicted octanol–water partition coefficient (Wildman–Crippen LogP) is 2.31. The van der Waals surface area contributed by atoms with Crippen molar-refractivity contribution in [3.63, 3.8) is 0 Å². The zero-order chi connectivity index (χ0) is 14.5. The molecule has 2 aromatic rings. The van der Waals surface area contributed by atoms with Crippen LogP contribution in [0.4, 0.5) is 5.95 Å². The Balaban J connectivity index is 2.08. The number of hydrogen-bond donors (Lipinski definition) is 2. The molecule has 0 saturated carbocycles. The van der Waals surface area contributed by atoms with Gasteiger partial charge in [-0.2, -0.15) is 0 Å². The van der Waals surface area contributed by atoms with Crippen molar-refractivity contribution in [1.29, 1.82) is 0 Å². The lowest BCUT2D eigenvalue weighted by Crippen LogP contribution is -2.18. The Hall–Kier alpha value is -1.35. The molecule has 0 aliphatic rings. The number of ether oxygens (including phenoxy) is 1. The van der Waals surface area contributed by atoms with Gasteiger partial charge in [0.25, 0.3) is 5.95 Å². The van der Waals surface area contributed by atoms with E-state index in [0.29, 0.717) is 13.2 Å². The fourth-order valence-electron chi connectivity index (χ4n) is 1.53. The Labute approximate surface area is 133 Å². The van der Waals surface area contributed by atoms with Gasteiger partial charge in [-0.1, -0.05) is 12.0 Å². The van der Waals surface area contributed by atoms with Crippen molar-refractivity contribution < 1.29 is 4.74 Å². The molecule has 2 rings (SSSR count). The van der Waals surface area contributed by atoms with Gasteiger partial charge in [-0.15, -0.1) is 4.79 Å². The molecule has 9 heteroatoms. The third kappa shape index (κ3) is 3.60. The van der Waals surface area contributed by atoms with Crippen LogP contribution < -0.4 is 15.9 Å². The number of nitrogens with zero attached hydrogens (tertiary/aromatic N) is 4. The Morgan fingerprint density at radius 3 is 2.60 bits per heavy atom. The van der Waals surface area contributed by atoms with Crippen LogP contribution in [0.2, 0.25) is 0 Å². The van der Waals surface area contributed by atoms with Crippen molar-refractivity contribution in [2.75, 3.05) is 17.8 Å². The van der Waals surface area contributed by atoms with Crippen LogP contribution >= 0.6 is 31.9 Å². The molecular formula is C11H14Br2N6O. The number of aromatic nitrogens is 4. The average Bonchev–Trinajstić information content (AvgIpc) is 2.81. The molecule has 1 aromatic carbocycles. The lowest BCUT2D eigenvalue weighted by Gasteiger charge is -2.12. The van der Waals surface area contributed by atoms with Gasteiger partial charge in [-0.25, -0.2) is 0 Å². The first kappa shape index (κ1) is 15.0. The quantitative estimate of drug-likeness (QED) is 0.766. The molecule has 0 bridgehead atoms. The number of rotatable bonds is 6. The number of hydrogen-bond acceptors (Lipinski definition) is 6. The van der Waals surface area contributed by atoms with Gasteiger partial charge in [0.15, 0.2) is 0 Å². The number of tetrazole rings is 1. The lowest BCUT2D eigenvalue weighted by atomic mass is 10.2. The van der Waals surface area contributed by atoms with Crippen LogP contribution in [-0.2, 0) is 6.54 Å². The van der Waals surface area contributed by atoms with Gasteiger partial charge in [0.1, 0.15) is 5.75 Å². The Bertz CT molecular complexity index is 565. The second-order valence-electron chi connectivity index (χ2n) is 4.02. The highest BCUT2D eigenvalue weighted by atomic mass is 79.9. The Morgan fingerprint density at radius 2 is 2.05 bits per heavy atom. The zero-order valence-electron chi connectivity index (χ0n) is 10.8. The molecule has 1 aromatic heterocycles. The molecule has 7 nitrogen and oxygen atoms in total. The van der Waals surface area contributed by atoms with Crippen LogP contribution in [0.1, 0.15) is 18.9 Å². The molecule has 0 saturated heterocycles. The lowest BCUT2D eigenvalue weighted by molar-refractivity contribution is 0.313. The zero-order valence-corrected chi connectivity index (χ0v) is 14.0. The molecule has 0 aliphatic carbocycles. The number of benzene rings is 1. The summed E-state index contributed by atoms with van der Waals surface area (Å²) >= 11 is 7.01. The van der Waals surface area contributed by atoms with Gasteiger partial charge >= 0.3 is 0 Å². The summed E-state index contributed by atoms with van der Waals surface area (Å²) in [6.07, 6.45) is 0.959. The SMILES string of the molecule is CCCOc1c(Br)cc(CNn2nnnc2N)cc1Br. The smallest absolute Gasteiger partial charge is 0.260 e. The number of halogens is 2. The summed E-state index contributed by atoms with van der Waals surface area (Å²) in [6, 6.07) is 3.95. The van der Waals surface area contributed by atoms with E-state index in [1.54, 1.807) is 0 Å². The standard InChI is InChI=1S/C11H14Br2N6O/c1-2-3-20-10-8(12)4-7(5-9(10)13)6-15-19-11(14)16-17-18-19/h4-5,15H,2-3,6H2,1H3,(H2,14,16,18). The van der Waals surface area contributed by atoms with Gasteiger partial charge in [-0.3, -0.25) is 0 Å². The van der Waals surface area contributed by atoms with Crippen LogP contribution in [0.15, 0.2) is 21.1 Å². The molecule has 0 aliphatic heterocycles. The topological polar surface area (TPSA) is 90.9 Å². The van der Waals surface area contributed by atoms with Crippen LogP contribution in [0.25, 0.3) is 0 Å². The van der Waals surface area contributed by atoms with E-state index in [1.807, 2.05) is 12.1 Å². The molecule has 0 spiro atoms. The van der Waals surface area contributed by atoms with E-state index in [9.17, 15) is 0 Å². The summed E-state index contributed by atoms with van der Waals surface area (Å²) < 4.78 is 7.45. The van der Waals surface area contributed by atoms with Crippen molar-refractivity contribution in [3.8, 4) is 5.75 Å². The van der Waals surface area contributed by atoms with E-state index in [4.69, 9.17) is 10.5 Å². The first-order valence-electron chi connectivity index (χ1n) is 6.00. The fourth-order valence-corrected chi connectivity index (χ4v) is 3.04. The maximum absolute atomic E-state index is 5.67. The van der Waals surface area contributed by atoms with Crippen LogP contribution in [0.5, 0.6) is 5.75 Å². The van der Waals surface area contributed by atoms with Gasteiger partial charge in [0, 0.05) is 0 Å².